The largest absolute Gasteiger partial charge is 0.396 e. The number of hydrogen-bond acceptors (Lipinski definition) is 2. The lowest BCUT2D eigenvalue weighted by atomic mass is 9.99. The van der Waals surface area contributed by atoms with Gasteiger partial charge in [-0.1, -0.05) is 12.1 Å². The fraction of sp³-hybridized carbons (Fsp3) is 0.500. The van der Waals surface area contributed by atoms with Crippen LogP contribution in [-0.2, 0) is 12.8 Å². The summed E-state index contributed by atoms with van der Waals surface area (Å²) in [7, 11) is 0. The highest BCUT2D eigenvalue weighted by molar-refractivity contribution is 7.99. The first-order valence-electron chi connectivity index (χ1n) is 5.26. The lowest BCUT2D eigenvalue weighted by Gasteiger charge is -2.18. The van der Waals surface area contributed by atoms with Gasteiger partial charge in [-0.05, 0) is 48.6 Å². The number of rotatable bonds is 3. The van der Waals surface area contributed by atoms with Crippen LogP contribution < -0.4 is 0 Å². The monoisotopic (exact) mass is 208 g/mol. The highest BCUT2D eigenvalue weighted by Gasteiger charge is 2.12. The fourth-order valence-electron chi connectivity index (χ4n) is 1.96. The molecule has 76 valence electrons. The number of thioether (sulfide) groups is 1. The van der Waals surface area contributed by atoms with Crippen molar-refractivity contribution in [3.63, 3.8) is 0 Å². The van der Waals surface area contributed by atoms with Gasteiger partial charge in [0.25, 0.3) is 0 Å². The van der Waals surface area contributed by atoms with Crippen LogP contribution in [0.3, 0.4) is 0 Å². The number of aliphatic hydroxyl groups excluding tert-OH is 1. The van der Waals surface area contributed by atoms with E-state index in [4.69, 9.17) is 5.11 Å². The van der Waals surface area contributed by atoms with Gasteiger partial charge in [-0.15, -0.1) is 11.8 Å². The Morgan fingerprint density at radius 1 is 1.36 bits per heavy atom. The Morgan fingerprint density at radius 3 is 3.14 bits per heavy atom. The molecule has 2 rings (SSSR count). The first kappa shape index (κ1) is 10.1. The normalized spacial score (nSPS) is 15.2. The third-order valence-electron chi connectivity index (χ3n) is 2.66. The van der Waals surface area contributed by atoms with Gasteiger partial charge >= 0.3 is 0 Å². The van der Waals surface area contributed by atoms with Crippen LogP contribution in [0.5, 0.6) is 0 Å². The van der Waals surface area contributed by atoms with Crippen molar-refractivity contribution in [1.82, 2.24) is 0 Å². The van der Waals surface area contributed by atoms with Crippen LogP contribution in [0.15, 0.2) is 23.1 Å². The highest BCUT2D eigenvalue weighted by atomic mass is 32.2. The van der Waals surface area contributed by atoms with Gasteiger partial charge in [0.15, 0.2) is 0 Å². The molecule has 1 nitrogen and oxygen atoms in total. The Balaban J connectivity index is 2.21. The predicted octanol–water partition coefficient (Wildman–Crippen LogP) is 2.65. The summed E-state index contributed by atoms with van der Waals surface area (Å²) in [6.45, 7) is 0.302. The molecule has 0 radical (unpaired) electrons. The minimum Gasteiger partial charge on any atom is -0.396 e. The molecule has 0 atom stereocenters. The molecular formula is C12H16OS. The van der Waals surface area contributed by atoms with Crippen molar-refractivity contribution in [2.45, 2.75) is 30.6 Å². The van der Waals surface area contributed by atoms with Crippen LogP contribution in [-0.4, -0.2) is 17.5 Å². The van der Waals surface area contributed by atoms with Crippen LogP contribution in [0.25, 0.3) is 0 Å². The Kier molecular flexibility index (Phi) is 3.49. The van der Waals surface area contributed by atoms with E-state index in [1.807, 2.05) is 11.8 Å². The Labute approximate surface area is 89.5 Å². The molecule has 14 heavy (non-hydrogen) atoms. The van der Waals surface area contributed by atoms with E-state index in [2.05, 4.69) is 18.2 Å². The van der Waals surface area contributed by atoms with Gasteiger partial charge in [-0.2, -0.15) is 0 Å². The summed E-state index contributed by atoms with van der Waals surface area (Å²) in [6, 6.07) is 6.58. The molecule has 0 fully saturated rings. The van der Waals surface area contributed by atoms with Crippen molar-refractivity contribution in [1.29, 1.82) is 0 Å². The molecule has 2 heteroatoms. The fourth-order valence-corrected chi connectivity index (χ4v) is 3.06. The van der Waals surface area contributed by atoms with Crippen LogP contribution in [0.1, 0.15) is 24.0 Å². The van der Waals surface area contributed by atoms with Gasteiger partial charge in [0.05, 0.1) is 0 Å². The lowest BCUT2D eigenvalue weighted by Crippen LogP contribution is -2.03. The summed E-state index contributed by atoms with van der Waals surface area (Å²) in [5, 5.41) is 8.83. The molecule has 1 heterocycles. The molecule has 0 spiro atoms. The van der Waals surface area contributed by atoms with Gasteiger partial charge in [-0.25, -0.2) is 0 Å². The number of fused-ring (bicyclic) bond motifs is 1. The van der Waals surface area contributed by atoms with Crippen LogP contribution in [0, 0.1) is 0 Å². The summed E-state index contributed by atoms with van der Waals surface area (Å²) in [4.78, 5) is 1.46. The number of aliphatic hydroxyl groups is 1. The molecule has 1 aromatic rings. The van der Waals surface area contributed by atoms with Crippen molar-refractivity contribution in [3.05, 3.63) is 29.3 Å². The van der Waals surface area contributed by atoms with Gasteiger partial charge < -0.3 is 5.11 Å². The smallest absolute Gasteiger partial charge is 0.0434 e. The first-order valence-corrected chi connectivity index (χ1v) is 6.25. The molecule has 0 bridgehead atoms. The van der Waals surface area contributed by atoms with Gasteiger partial charge in [0, 0.05) is 11.5 Å². The van der Waals surface area contributed by atoms with E-state index in [1.165, 1.54) is 34.6 Å². The Hall–Kier alpha value is -0.470. The van der Waals surface area contributed by atoms with E-state index in [0.717, 1.165) is 12.8 Å². The van der Waals surface area contributed by atoms with E-state index < -0.39 is 0 Å². The third-order valence-corrected chi connectivity index (χ3v) is 3.85. The first-order chi connectivity index (χ1) is 6.92. The molecule has 0 unspecified atom stereocenters. The van der Waals surface area contributed by atoms with Gasteiger partial charge in [-0.3, -0.25) is 0 Å². The molecule has 0 saturated heterocycles. The van der Waals surface area contributed by atoms with E-state index >= 15 is 0 Å². The molecule has 0 aliphatic carbocycles. The minimum absolute atomic E-state index is 0.302. The van der Waals surface area contributed by atoms with E-state index in [0.29, 0.717) is 6.61 Å². The summed E-state index contributed by atoms with van der Waals surface area (Å²) < 4.78 is 0. The zero-order chi connectivity index (χ0) is 9.80. The average Bonchev–Trinajstić information content (AvgIpc) is 2.26. The summed E-state index contributed by atoms with van der Waals surface area (Å²) >= 11 is 1.97. The zero-order valence-corrected chi connectivity index (χ0v) is 9.15. The molecule has 0 amide bonds. The van der Waals surface area contributed by atoms with Crippen LogP contribution >= 0.6 is 11.8 Å². The maximum Gasteiger partial charge on any atom is 0.0434 e. The summed E-state index contributed by atoms with van der Waals surface area (Å²) in [5.41, 5.74) is 2.99. The zero-order valence-electron chi connectivity index (χ0n) is 8.33. The second kappa shape index (κ2) is 4.85. The van der Waals surface area contributed by atoms with Crippen molar-refractivity contribution >= 4 is 11.8 Å². The van der Waals surface area contributed by atoms with Crippen molar-refractivity contribution in [2.24, 2.45) is 0 Å². The molecule has 1 N–H and O–H groups in total. The highest BCUT2D eigenvalue weighted by Crippen LogP contribution is 2.32. The quantitative estimate of drug-likeness (QED) is 0.824. The molecule has 1 aliphatic rings. The van der Waals surface area contributed by atoms with E-state index in [1.54, 1.807) is 0 Å². The summed E-state index contributed by atoms with van der Waals surface area (Å²) in [6.07, 6.45) is 4.44. The van der Waals surface area contributed by atoms with Crippen molar-refractivity contribution in [3.8, 4) is 0 Å². The van der Waals surface area contributed by atoms with Crippen molar-refractivity contribution in [2.75, 3.05) is 12.4 Å². The Morgan fingerprint density at radius 2 is 2.29 bits per heavy atom. The topological polar surface area (TPSA) is 20.2 Å². The third kappa shape index (κ3) is 2.12. The summed E-state index contributed by atoms with van der Waals surface area (Å²) in [5.74, 6) is 1.26. The predicted molar refractivity (Wildman–Crippen MR) is 60.9 cm³/mol. The molecule has 1 aliphatic heterocycles. The average molecular weight is 208 g/mol. The van der Waals surface area contributed by atoms with E-state index in [-0.39, 0.29) is 0 Å². The lowest BCUT2D eigenvalue weighted by molar-refractivity contribution is 0.288. The van der Waals surface area contributed by atoms with Gasteiger partial charge in [0.2, 0.25) is 0 Å². The van der Waals surface area contributed by atoms with Crippen LogP contribution in [0.2, 0.25) is 0 Å². The SMILES string of the molecule is OCCCc1cccc2c1CCCS2. The Bertz CT molecular complexity index is 309. The van der Waals surface area contributed by atoms with Crippen LogP contribution in [0.4, 0.5) is 0 Å². The molecule has 0 saturated carbocycles. The number of hydrogen-bond donors (Lipinski definition) is 1. The second-order valence-corrected chi connectivity index (χ2v) is 4.81. The van der Waals surface area contributed by atoms with E-state index in [9.17, 15) is 0 Å². The molecular weight excluding hydrogens is 192 g/mol. The number of benzene rings is 1. The maximum absolute atomic E-state index is 8.83. The standard InChI is InChI=1S/C12H16OS/c13-8-2-5-10-4-1-7-12-11(10)6-3-9-14-12/h1,4,7,13H,2-3,5-6,8-9H2. The van der Waals surface area contributed by atoms with Gasteiger partial charge in [0.1, 0.15) is 0 Å². The molecule has 0 aromatic heterocycles. The van der Waals surface area contributed by atoms with Crippen molar-refractivity contribution < 1.29 is 5.11 Å². The minimum atomic E-state index is 0.302. The second-order valence-electron chi connectivity index (χ2n) is 3.67. The molecule has 1 aromatic carbocycles. The number of aryl methyl sites for hydroxylation is 1. The maximum atomic E-state index is 8.83.